The first kappa shape index (κ1) is 13.5. The van der Waals surface area contributed by atoms with Crippen LogP contribution in [0, 0.1) is 18.3 Å². The molecule has 0 aliphatic heterocycles. The van der Waals surface area contributed by atoms with E-state index < -0.39 is 0 Å². The first-order chi connectivity index (χ1) is 9.22. The zero-order valence-corrected chi connectivity index (χ0v) is 11.8. The highest BCUT2D eigenvalue weighted by Gasteiger charge is 2.05. The van der Waals surface area contributed by atoms with Crippen LogP contribution < -0.4 is 4.74 Å². The summed E-state index contributed by atoms with van der Waals surface area (Å²) in [5.41, 5.74) is 2.06. The molecule has 0 heterocycles. The molecule has 0 bridgehead atoms. The average molecular weight is 269 g/mol. The SMILES string of the molecule is CSc1ccc(Oc2ccc(C)cc2CC#N)cc1. The van der Waals surface area contributed by atoms with Crippen LogP contribution in [0.15, 0.2) is 47.4 Å². The molecular weight excluding hydrogens is 254 g/mol. The molecule has 2 nitrogen and oxygen atoms in total. The Morgan fingerprint density at radius 1 is 1.16 bits per heavy atom. The molecule has 0 aliphatic rings. The van der Waals surface area contributed by atoms with Crippen LogP contribution in [0.2, 0.25) is 0 Å². The Morgan fingerprint density at radius 3 is 2.53 bits per heavy atom. The van der Waals surface area contributed by atoms with Crippen molar-refractivity contribution in [1.82, 2.24) is 0 Å². The van der Waals surface area contributed by atoms with Crippen molar-refractivity contribution in [2.75, 3.05) is 6.26 Å². The Kier molecular flexibility index (Phi) is 4.48. The second-order valence-electron chi connectivity index (χ2n) is 4.22. The summed E-state index contributed by atoms with van der Waals surface area (Å²) in [7, 11) is 0. The second-order valence-corrected chi connectivity index (χ2v) is 5.10. The van der Waals surface area contributed by atoms with Gasteiger partial charge in [0.25, 0.3) is 0 Å². The summed E-state index contributed by atoms with van der Waals surface area (Å²) in [5.74, 6) is 1.55. The highest BCUT2D eigenvalue weighted by molar-refractivity contribution is 7.98. The van der Waals surface area contributed by atoms with Gasteiger partial charge in [0.05, 0.1) is 12.5 Å². The fourth-order valence-corrected chi connectivity index (χ4v) is 2.21. The van der Waals surface area contributed by atoms with Gasteiger partial charge < -0.3 is 4.74 Å². The van der Waals surface area contributed by atoms with Crippen LogP contribution in [-0.2, 0) is 6.42 Å². The minimum Gasteiger partial charge on any atom is -0.457 e. The van der Waals surface area contributed by atoms with Gasteiger partial charge in [0.15, 0.2) is 0 Å². The van der Waals surface area contributed by atoms with E-state index in [0.717, 1.165) is 22.6 Å². The summed E-state index contributed by atoms with van der Waals surface area (Å²) in [4.78, 5) is 1.20. The van der Waals surface area contributed by atoms with Crippen molar-refractivity contribution in [2.45, 2.75) is 18.2 Å². The van der Waals surface area contributed by atoms with E-state index in [1.807, 2.05) is 55.6 Å². The Hall–Kier alpha value is -1.92. The standard InChI is InChI=1S/C16H15NOS/c1-12-3-8-16(13(11-12)9-10-17)18-14-4-6-15(19-2)7-5-14/h3-8,11H,9H2,1-2H3. The molecule has 2 rings (SSSR count). The van der Waals surface area contributed by atoms with Crippen LogP contribution in [0.4, 0.5) is 0 Å². The van der Waals surface area contributed by atoms with Crippen LogP contribution in [0.5, 0.6) is 11.5 Å². The van der Waals surface area contributed by atoms with Crippen molar-refractivity contribution in [3.05, 3.63) is 53.6 Å². The Bertz CT molecular complexity index is 599. The lowest BCUT2D eigenvalue weighted by Gasteiger charge is -2.10. The molecule has 0 radical (unpaired) electrons. The van der Waals surface area contributed by atoms with E-state index in [2.05, 4.69) is 6.07 Å². The minimum absolute atomic E-state index is 0.361. The molecule has 0 aromatic heterocycles. The number of thioether (sulfide) groups is 1. The van der Waals surface area contributed by atoms with Crippen molar-refractivity contribution in [3.8, 4) is 17.6 Å². The maximum atomic E-state index is 8.86. The Balaban J connectivity index is 2.24. The summed E-state index contributed by atoms with van der Waals surface area (Å²) in [6, 6.07) is 16.0. The molecule has 0 aliphatic carbocycles. The predicted octanol–water partition coefficient (Wildman–Crippen LogP) is 4.58. The third-order valence-electron chi connectivity index (χ3n) is 2.77. The van der Waals surface area contributed by atoms with Gasteiger partial charge >= 0.3 is 0 Å². The number of benzene rings is 2. The maximum Gasteiger partial charge on any atom is 0.131 e. The van der Waals surface area contributed by atoms with Gasteiger partial charge in [0.2, 0.25) is 0 Å². The van der Waals surface area contributed by atoms with E-state index >= 15 is 0 Å². The summed E-state index contributed by atoms with van der Waals surface area (Å²) < 4.78 is 5.86. The molecule has 96 valence electrons. The van der Waals surface area contributed by atoms with Crippen LogP contribution in [0.1, 0.15) is 11.1 Å². The van der Waals surface area contributed by atoms with Gasteiger partial charge in [-0.3, -0.25) is 0 Å². The topological polar surface area (TPSA) is 33.0 Å². The molecule has 0 atom stereocenters. The summed E-state index contributed by atoms with van der Waals surface area (Å²) in [6.45, 7) is 2.01. The zero-order valence-electron chi connectivity index (χ0n) is 11.0. The zero-order chi connectivity index (χ0) is 13.7. The molecule has 0 spiro atoms. The Morgan fingerprint density at radius 2 is 1.89 bits per heavy atom. The van der Waals surface area contributed by atoms with Gasteiger partial charge in [-0.2, -0.15) is 5.26 Å². The summed E-state index contributed by atoms with van der Waals surface area (Å²) >= 11 is 1.70. The first-order valence-corrected chi connectivity index (χ1v) is 7.24. The molecule has 0 saturated carbocycles. The largest absolute Gasteiger partial charge is 0.457 e. The van der Waals surface area contributed by atoms with Crippen LogP contribution in [0.25, 0.3) is 0 Å². The fourth-order valence-electron chi connectivity index (χ4n) is 1.80. The van der Waals surface area contributed by atoms with Gasteiger partial charge in [-0.15, -0.1) is 11.8 Å². The molecule has 0 saturated heterocycles. The van der Waals surface area contributed by atoms with Crippen molar-refractivity contribution in [2.24, 2.45) is 0 Å². The van der Waals surface area contributed by atoms with Crippen molar-refractivity contribution < 1.29 is 4.74 Å². The molecule has 0 fully saturated rings. The first-order valence-electron chi connectivity index (χ1n) is 6.01. The predicted molar refractivity (Wildman–Crippen MR) is 78.8 cm³/mol. The van der Waals surface area contributed by atoms with E-state index in [-0.39, 0.29) is 0 Å². The number of nitriles is 1. The van der Waals surface area contributed by atoms with Crippen molar-refractivity contribution in [3.63, 3.8) is 0 Å². The van der Waals surface area contributed by atoms with Crippen LogP contribution >= 0.6 is 11.8 Å². The number of rotatable bonds is 4. The molecule has 0 unspecified atom stereocenters. The number of aryl methyl sites for hydroxylation is 1. The van der Waals surface area contributed by atoms with Crippen molar-refractivity contribution in [1.29, 1.82) is 5.26 Å². The Labute approximate surface area is 118 Å². The van der Waals surface area contributed by atoms with Gasteiger partial charge in [-0.25, -0.2) is 0 Å². The smallest absolute Gasteiger partial charge is 0.131 e. The highest BCUT2D eigenvalue weighted by atomic mass is 32.2. The monoisotopic (exact) mass is 269 g/mol. The summed E-state index contributed by atoms with van der Waals surface area (Å²) in [6.07, 6.45) is 2.40. The number of nitrogens with zero attached hydrogens (tertiary/aromatic N) is 1. The lowest BCUT2D eigenvalue weighted by atomic mass is 10.1. The van der Waals surface area contributed by atoms with Gasteiger partial charge in [-0.1, -0.05) is 17.7 Å². The number of hydrogen-bond acceptors (Lipinski definition) is 3. The highest BCUT2D eigenvalue weighted by Crippen LogP contribution is 2.28. The second kappa shape index (κ2) is 6.31. The summed E-state index contributed by atoms with van der Waals surface area (Å²) in [5, 5.41) is 8.86. The average Bonchev–Trinajstić information content (AvgIpc) is 2.43. The molecule has 0 amide bonds. The third-order valence-corrected chi connectivity index (χ3v) is 3.52. The minimum atomic E-state index is 0.361. The van der Waals surface area contributed by atoms with E-state index in [0.29, 0.717) is 6.42 Å². The quantitative estimate of drug-likeness (QED) is 0.762. The maximum absolute atomic E-state index is 8.86. The van der Waals surface area contributed by atoms with E-state index in [9.17, 15) is 0 Å². The number of hydrogen-bond donors (Lipinski definition) is 0. The fraction of sp³-hybridized carbons (Fsp3) is 0.188. The normalized spacial score (nSPS) is 9.95. The van der Waals surface area contributed by atoms with E-state index in [1.165, 1.54) is 4.90 Å². The van der Waals surface area contributed by atoms with E-state index in [4.69, 9.17) is 10.00 Å². The van der Waals surface area contributed by atoms with Gasteiger partial charge in [0.1, 0.15) is 11.5 Å². The lowest BCUT2D eigenvalue weighted by Crippen LogP contribution is -1.92. The van der Waals surface area contributed by atoms with Gasteiger partial charge in [-0.05, 0) is 43.5 Å². The molecule has 19 heavy (non-hydrogen) atoms. The van der Waals surface area contributed by atoms with Gasteiger partial charge in [0, 0.05) is 10.5 Å². The third kappa shape index (κ3) is 3.52. The molecule has 2 aromatic carbocycles. The molecular formula is C16H15NOS. The molecule has 2 aromatic rings. The van der Waals surface area contributed by atoms with E-state index in [1.54, 1.807) is 11.8 Å². The van der Waals surface area contributed by atoms with Crippen molar-refractivity contribution >= 4 is 11.8 Å². The van der Waals surface area contributed by atoms with Crippen LogP contribution in [0.3, 0.4) is 0 Å². The lowest BCUT2D eigenvalue weighted by molar-refractivity contribution is 0.477. The number of ether oxygens (including phenoxy) is 1. The van der Waals surface area contributed by atoms with Crippen LogP contribution in [-0.4, -0.2) is 6.26 Å². The molecule has 3 heteroatoms. The molecule has 0 N–H and O–H groups in total.